The molecule has 8 heteroatoms. The number of likely N-dealkylation sites (tertiary alicyclic amines) is 1. The van der Waals surface area contributed by atoms with Gasteiger partial charge in [-0.25, -0.2) is 9.50 Å². The lowest BCUT2D eigenvalue weighted by molar-refractivity contribution is -0.133. The van der Waals surface area contributed by atoms with E-state index in [9.17, 15) is 9.59 Å². The van der Waals surface area contributed by atoms with E-state index in [1.807, 2.05) is 11.0 Å². The lowest BCUT2D eigenvalue weighted by Crippen LogP contribution is -2.40. The predicted molar refractivity (Wildman–Crippen MR) is 110 cm³/mol. The van der Waals surface area contributed by atoms with Crippen molar-refractivity contribution in [3.05, 3.63) is 33.4 Å². The lowest BCUT2D eigenvalue weighted by Gasteiger charge is -2.31. The van der Waals surface area contributed by atoms with E-state index in [1.165, 1.54) is 0 Å². The molecule has 0 aromatic carbocycles. The molecule has 0 aliphatic carbocycles. The van der Waals surface area contributed by atoms with Crippen molar-refractivity contribution in [2.24, 2.45) is 0 Å². The van der Waals surface area contributed by atoms with Crippen molar-refractivity contribution in [2.75, 3.05) is 33.4 Å². The zero-order chi connectivity index (χ0) is 20.5. The van der Waals surface area contributed by atoms with Crippen molar-refractivity contribution >= 4 is 11.6 Å². The average Bonchev–Trinajstić information content (AvgIpc) is 3.16. The summed E-state index contributed by atoms with van der Waals surface area (Å²) < 4.78 is 6.61. The fraction of sp³-hybridized carbons (Fsp3) is 0.667. The maximum Gasteiger partial charge on any atom is 0.277 e. The van der Waals surface area contributed by atoms with Crippen LogP contribution >= 0.6 is 0 Å². The number of carbonyl (C=O) groups is 1. The topological polar surface area (TPSA) is 82.9 Å². The van der Waals surface area contributed by atoms with E-state index >= 15 is 0 Å². The third-order valence-corrected chi connectivity index (χ3v) is 6.35. The third-order valence-electron chi connectivity index (χ3n) is 6.35. The van der Waals surface area contributed by atoms with E-state index in [0.29, 0.717) is 37.2 Å². The van der Waals surface area contributed by atoms with E-state index in [2.05, 4.69) is 23.8 Å². The number of carbonyl (C=O) groups excluding carboxylic acids is 1. The van der Waals surface area contributed by atoms with E-state index in [-0.39, 0.29) is 11.5 Å². The van der Waals surface area contributed by atoms with E-state index in [1.54, 1.807) is 11.6 Å². The summed E-state index contributed by atoms with van der Waals surface area (Å²) in [6.07, 6.45) is 3.04. The number of hydrogen-bond acceptors (Lipinski definition) is 5. The Hall–Kier alpha value is -2.19. The Kier molecular flexibility index (Phi) is 5.74. The van der Waals surface area contributed by atoms with Crippen molar-refractivity contribution in [1.29, 1.82) is 0 Å². The Morgan fingerprint density at radius 2 is 2.07 bits per heavy atom. The Morgan fingerprint density at radius 1 is 1.31 bits per heavy atom. The van der Waals surface area contributed by atoms with Gasteiger partial charge in [0.2, 0.25) is 5.91 Å². The standard InChI is InChI=1S/C21H31N5O3/c1-14(2)25-10-6-17-16(13-25)21(28)26-19(22-17)12-18(23-26)15-4-8-24(9-5-15)20(27)7-11-29-3/h12,14-15,23H,4-11,13H2,1-3H3. The van der Waals surface area contributed by atoms with Crippen molar-refractivity contribution < 1.29 is 9.53 Å². The van der Waals surface area contributed by atoms with Gasteiger partial charge in [0.25, 0.3) is 5.56 Å². The first-order valence-corrected chi connectivity index (χ1v) is 10.6. The molecule has 158 valence electrons. The van der Waals surface area contributed by atoms with Gasteiger partial charge in [-0.15, -0.1) is 0 Å². The highest BCUT2D eigenvalue weighted by atomic mass is 16.5. The molecule has 1 fully saturated rings. The van der Waals surface area contributed by atoms with Gasteiger partial charge in [-0.3, -0.25) is 19.6 Å². The van der Waals surface area contributed by atoms with Crippen LogP contribution in [-0.2, 0) is 22.5 Å². The van der Waals surface area contributed by atoms with Crippen LogP contribution in [0.1, 0.15) is 56.0 Å². The summed E-state index contributed by atoms with van der Waals surface area (Å²) in [4.78, 5) is 34.3. The second-order valence-corrected chi connectivity index (χ2v) is 8.46. The molecule has 2 aromatic rings. The maximum absolute atomic E-state index is 13.1. The normalized spacial score (nSPS) is 18.6. The number of nitrogens with one attached hydrogen (secondary N) is 1. The Morgan fingerprint density at radius 3 is 2.76 bits per heavy atom. The summed E-state index contributed by atoms with van der Waals surface area (Å²) >= 11 is 0. The quantitative estimate of drug-likeness (QED) is 0.822. The molecular formula is C21H31N5O3. The molecule has 2 aliphatic heterocycles. The SMILES string of the molecule is COCCC(=O)N1CCC(c2cc3nc4c(c(=O)n3[nH]2)CN(C(C)C)CC4)CC1. The fourth-order valence-corrected chi connectivity index (χ4v) is 4.46. The van der Waals surface area contributed by atoms with Crippen LogP contribution in [-0.4, -0.2) is 69.7 Å². The molecule has 1 N–H and O–H groups in total. The van der Waals surface area contributed by atoms with Gasteiger partial charge in [-0.2, -0.15) is 0 Å². The second kappa shape index (κ2) is 8.28. The van der Waals surface area contributed by atoms with Crippen molar-refractivity contribution in [2.45, 2.75) is 58.0 Å². The summed E-state index contributed by atoms with van der Waals surface area (Å²) in [5.74, 6) is 0.467. The number of nitrogens with zero attached hydrogens (tertiary/aromatic N) is 4. The number of aromatic amines is 1. The monoisotopic (exact) mass is 401 g/mol. The van der Waals surface area contributed by atoms with Gasteiger partial charge in [0, 0.05) is 63.4 Å². The predicted octanol–water partition coefficient (Wildman–Crippen LogP) is 1.53. The number of rotatable bonds is 5. The molecule has 2 aliphatic rings. The first-order valence-electron chi connectivity index (χ1n) is 10.6. The summed E-state index contributed by atoms with van der Waals surface area (Å²) in [7, 11) is 1.61. The molecule has 2 aromatic heterocycles. The van der Waals surface area contributed by atoms with E-state index in [4.69, 9.17) is 9.72 Å². The Labute approximate surface area is 170 Å². The zero-order valence-electron chi connectivity index (χ0n) is 17.6. The molecule has 1 amide bonds. The minimum atomic E-state index is 0.0220. The smallest absolute Gasteiger partial charge is 0.277 e. The minimum absolute atomic E-state index is 0.0220. The number of aromatic nitrogens is 3. The van der Waals surface area contributed by atoms with Crippen LogP contribution in [0.5, 0.6) is 0 Å². The van der Waals surface area contributed by atoms with Crippen LogP contribution in [0.2, 0.25) is 0 Å². The van der Waals surface area contributed by atoms with Gasteiger partial charge in [-0.1, -0.05) is 0 Å². The van der Waals surface area contributed by atoms with E-state index in [0.717, 1.165) is 55.8 Å². The molecule has 0 radical (unpaired) electrons. The third kappa shape index (κ3) is 3.96. The molecule has 0 atom stereocenters. The van der Waals surface area contributed by atoms with Crippen LogP contribution in [0, 0.1) is 0 Å². The van der Waals surface area contributed by atoms with Crippen LogP contribution in [0.25, 0.3) is 5.65 Å². The Balaban J connectivity index is 1.51. The minimum Gasteiger partial charge on any atom is -0.384 e. The highest BCUT2D eigenvalue weighted by Gasteiger charge is 2.27. The number of fused-ring (bicyclic) bond motifs is 2. The van der Waals surface area contributed by atoms with Gasteiger partial charge in [-0.05, 0) is 26.7 Å². The largest absolute Gasteiger partial charge is 0.384 e. The van der Waals surface area contributed by atoms with Gasteiger partial charge < -0.3 is 9.64 Å². The average molecular weight is 402 g/mol. The van der Waals surface area contributed by atoms with Gasteiger partial charge in [0.1, 0.15) is 0 Å². The van der Waals surface area contributed by atoms with Crippen LogP contribution in [0.4, 0.5) is 0 Å². The van der Waals surface area contributed by atoms with Crippen LogP contribution < -0.4 is 5.56 Å². The first-order chi connectivity index (χ1) is 14.0. The molecular weight excluding hydrogens is 370 g/mol. The lowest BCUT2D eigenvalue weighted by atomic mass is 9.93. The number of H-pyrrole nitrogens is 1. The highest BCUT2D eigenvalue weighted by molar-refractivity contribution is 5.76. The van der Waals surface area contributed by atoms with Crippen LogP contribution in [0.15, 0.2) is 10.9 Å². The number of methoxy groups -OCH3 is 1. The number of piperidine rings is 1. The van der Waals surface area contributed by atoms with Gasteiger partial charge in [0.15, 0.2) is 5.65 Å². The van der Waals surface area contributed by atoms with Gasteiger partial charge >= 0.3 is 0 Å². The summed E-state index contributed by atoms with van der Waals surface area (Å²) in [6.45, 7) is 7.88. The molecule has 0 bridgehead atoms. The Bertz CT molecular complexity index is 940. The molecule has 4 rings (SSSR count). The number of amides is 1. The van der Waals surface area contributed by atoms with Crippen molar-refractivity contribution in [3.8, 4) is 0 Å². The molecule has 1 saturated heterocycles. The molecule has 8 nitrogen and oxygen atoms in total. The number of ether oxygens (including phenoxy) is 1. The van der Waals surface area contributed by atoms with Crippen molar-refractivity contribution in [1.82, 2.24) is 24.4 Å². The molecule has 29 heavy (non-hydrogen) atoms. The fourth-order valence-electron chi connectivity index (χ4n) is 4.46. The first kappa shape index (κ1) is 20.1. The molecule has 0 saturated carbocycles. The summed E-state index contributed by atoms with van der Waals surface area (Å²) in [6, 6.07) is 2.43. The second-order valence-electron chi connectivity index (χ2n) is 8.46. The molecule has 4 heterocycles. The summed E-state index contributed by atoms with van der Waals surface area (Å²) in [5, 5.41) is 3.31. The number of hydrogen-bond donors (Lipinski definition) is 1. The molecule has 0 spiro atoms. The van der Waals surface area contributed by atoms with Crippen molar-refractivity contribution in [3.63, 3.8) is 0 Å². The highest BCUT2D eigenvalue weighted by Crippen LogP contribution is 2.28. The van der Waals surface area contributed by atoms with Gasteiger partial charge in [0.05, 0.1) is 24.3 Å². The maximum atomic E-state index is 13.1. The summed E-state index contributed by atoms with van der Waals surface area (Å²) in [5.41, 5.74) is 3.53. The van der Waals surface area contributed by atoms with Crippen LogP contribution in [0.3, 0.4) is 0 Å². The zero-order valence-corrected chi connectivity index (χ0v) is 17.6. The van der Waals surface area contributed by atoms with E-state index < -0.39 is 0 Å². The molecule has 0 unspecified atom stereocenters.